The van der Waals surface area contributed by atoms with Crippen LogP contribution in [0.4, 0.5) is 14.5 Å². The van der Waals surface area contributed by atoms with Crippen molar-refractivity contribution in [3.05, 3.63) is 76.6 Å². The zero-order chi connectivity index (χ0) is 21.2. The lowest BCUT2D eigenvalue weighted by Crippen LogP contribution is -2.18. The fraction of sp³-hybridized carbons (Fsp3) is 0.158. The molecule has 1 heterocycles. The van der Waals surface area contributed by atoms with Gasteiger partial charge in [-0.15, -0.1) is 0 Å². The second kappa shape index (κ2) is 8.30. The number of anilines is 1. The van der Waals surface area contributed by atoms with Crippen molar-refractivity contribution in [2.24, 2.45) is 0 Å². The molecule has 0 fully saturated rings. The van der Waals surface area contributed by atoms with Gasteiger partial charge in [-0.2, -0.15) is 13.9 Å². The van der Waals surface area contributed by atoms with Gasteiger partial charge in [0.05, 0.1) is 28.4 Å². The van der Waals surface area contributed by atoms with Crippen LogP contribution in [0.1, 0.15) is 21.6 Å². The molecule has 0 saturated carbocycles. The quantitative estimate of drug-likeness (QED) is 0.625. The Morgan fingerprint density at radius 3 is 2.41 bits per heavy atom. The molecule has 29 heavy (non-hydrogen) atoms. The monoisotopic (exact) mass is 439 g/mol. The van der Waals surface area contributed by atoms with Crippen LogP contribution >= 0.6 is 11.6 Å². The van der Waals surface area contributed by atoms with E-state index in [1.165, 1.54) is 22.9 Å². The van der Waals surface area contributed by atoms with Crippen LogP contribution in [0.15, 0.2) is 59.5 Å². The summed E-state index contributed by atoms with van der Waals surface area (Å²) in [7, 11) is -4.89. The van der Waals surface area contributed by atoms with Crippen molar-refractivity contribution in [1.82, 2.24) is 9.78 Å². The number of aryl methyl sites for hydroxylation is 1. The van der Waals surface area contributed by atoms with E-state index in [-0.39, 0.29) is 16.4 Å². The van der Waals surface area contributed by atoms with Crippen molar-refractivity contribution in [3.63, 3.8) is 0 Å². The molecule has 0 atom stereocenters. The largest absolute Gasteiger partial charge is 0.341 e. The van der Waals surface area contributed by atoms with Crippen molar-refractivity contribution in [2.75, 3.05) is 5.32 Å². The number of rotatable bonds is 6. The van der Waals surface area contributed by atoms with Gasteiger partial charge in [-0.25, -0.2) is 13.1 Å². The number of amides is 1. The predicted molar refractivity (Wildman–Crippen MR) is 105 cm³/mol. The third kappa shape index (κ3) is 4.30. The minimum absolute atomic E-state index is 0.0341. The van der Waals surface area contributed by atoms with Gasteiger partial charge in [0.1, 0.15) is 5.15 Å². The van der Waals surface area contributed by atoms with Crippen LogP contribution < -0.4 is 5.32 Å². The summed E-state index contributed by atoms with van der Waals surface area (Å²) in [5.41, 5.74) is 1.01. The normalized spacial score (nSPS) is 11.6. The van der Waals surface area contributed by atoms with E-state index >= 15 is 0 Å². The average molecular weight is 440 g/mol. The highest BCUT2D eigenvalue weighted by Crippen LogP contribution is 2.28. The van der Waals surface area contributed by atoms with Crippen LogP contribution in [0, 0.1) is 6.92 Å². The molecule has 0 aliphatic rings. The minimum Gasteiger partial charge on any atom is -0.321 e. The Morgan fingerprint density at radius 1 is 1.14 bits per heavy atom. The predicted octanol–water partition coefficient (Wildman–Crippen LogP) is 4.14. The van der Waals surface area contributed by atoms with E-state index in [1.807, 2.05) is 30.3 Å². The molecular formula is C19H16ClF2N3O3S. The molecule has 6 nitrogen and oxygen atoms in total. The van der Waals surface area contributed by atoms with Gasteiger partial charge in [-0.3, -0.25) is 4.79 Å². The van der Waals surface area contributed by atoms with Crippen LogP contribution in [-0.4, -0.2) is 29.9 Å². The smallest absolute Gasteiger partial charge is 0.321 e. The van der Waals surface area contributed by atoms with E-state index in [2.05, 4.69) is 10.4 Å². The Bertz CT molecular complexity index is 1150. The molecule has 0 saturated heterocycles. The minimum atomic E-state index is -4.89. The molecule has 0 aliphatic carbocycles. The summed E-state index contributed by atoms with van der Waals surface area (Å²) in [6, 6.07) is 14.3. The van der Waals surface area contributed by atoms with Crippen LogP contribution in [0.5, 0.6) is 0 Å². The molecule has 0 spiro atoms. The number of nitrogens with one attached hydrogen (secondary N) is 1. The van der Waals surface area contributed by atoms with Crippen LogP contribution in [-0.2, 0) is 16.4 Å². The Labute approximate surface area is 171 Å². The number of carbonyl (C=O) groups excluding carboxylic acids is 1. The number of hydrogen-bond donors (Lipinski definition) is 1. The molecule has 3 rings (SSSR count). The first-order valence-corrected chi connectivity index (χ1v) is 10.3. The lowest BCUT2D eigenvalue weighted by atomic mass is 10.2. The number of carbonyl (C=O) groups is 1. The van der Waals surface area contributed by atoms with Gasteiger partial charge in [-0.1, -0.05) is 54.1 Å². The van der Waals surface area contributed by atoms with Gasteiger partial charge in [0.15, 0.2) is 0 Å². The number of para-hydroxylation sites is 1. The standard InChI is InChI=1S/C19H16ClF2N3O3S/c1-12-16(17(20)25(24-12)11-13-7-3-2-4-8-13)18(26)23-14-9-5-6-10-15(14)29(27,28)19(21)22/h2-10,19H,11H2,1H3,(H,23,26). The topological polar surface area (TPSA) is 81.1 Å². The number of sulfone groups is 1. The van der Waals surface area contributed by atoms with Crippen LogP contribution in [0.25, 0.3) is 0 Å². The van der Waals surface area contributed by atoms with Gasteiger partial charge in [0.2, 0.25) is 9.84 Å². The number of alkyl halides is 2. The van der Waals surface area contributed by atoms with Crippen molar-refractivity contribution in [2.45, 2.75) is 24.1 Å². The highest BCUT2D eigenvalue weighted by atomic mass is 35.5. The summed E-state index contributed by atoms with van der Waals surface area (Å²) in [5, 5.41) is 6.66. The molecule has 1 N–H and O–H groups in total. The first-order valence-electron chi connectivity index (χ1n) is 8.41. The molecule has 0 bridgehead atoms. The second-order valence-electron chi connectivity index (χ2n) is 6.15. The summed E-state index contributed by atoms with van der Waals surface area (Å²) in [6.45, 7) is 1.90. The maximum atomic E-state index is 12.9. The Hall–Kier alpha value is -2.78. The highest BCUT2D eigenvalue weighted by Gasteiger charge is 2.30. The lowest BCUT2D eigenvalue weighted by molar-refractivity contribution is 0.102. The third-order valence-electron chi connectivity index (χ3n) is 4.14. The van der Waals surface area contributed by atoms with Gasteiger partial charge in [-0.05, 0) is 24.6 Å². The highest BCUT2D eigenvalue weighted by molar-refractivity contribution is 7.91. The van der Waals surface area contributed by atoms with Crippen molar-refractivity contribution >= 4 is 33.0 Å². The third-order valence-corrected chi connectivity index (χ3v) is 5.97. The molecule has 152 valence electrons. The Kier molecular flexibility index (Phi) is 5.99. The van der Waals surface area contributed by atoms with Gasteiger partial charge >= 0.3 is 5.76 Å². The van der Waals surface area contributed by atoms with Crippen LogP contribution in [0.3, 0.4) is 0 Å². The SMILES string of the molecule is Cc1nn(Cc2ccccc2)c(Cl)c1C(=O)Nc1ccccc1S(=O)(=O)C(F)F. The zero-order valence-corrected chi connectivity index (χ0v) is 16.7. The summed E-state index contributed by atoms with van der Waals surface area (Å²) in [5.74, 6) is -4.36. The Morgan fingerprint density at radius 2 is 1.76 bits per heavy atom. The molecule has 10 heteroatoms. The summed E-state index contributed by atoms with van der Waals surface area (Å²) in [6.07, 6.45) is 0. The number of halogens is 3. The van der Waals surface area contributed by atoms with Gasteiger partial charge in [0.25, 0.3) is 5.91 Å². The molecule has 3 aromatic rings. The van der Waals surface area contributed by atoms with E-state index in [0.717, 1.165) is 11.6 Å². The van der Waals surface area contributed by atoms with Crippen molar-refractivity contribution in [1.29, 1.82) is 0 Å². The van der Waals surface area contributed by atoms with Gasteiger partial charge < -0.3 is 5.32 Å². The van der Waals surface area contributed by atoms with E-state index in [0.29, 0.717) is 12.2 Å². The number of benzene rings is 2. The molecule has 2 aromatic carbocycles. The number of aromatic nitrogens is 2. The van der Waals surface area contributed by atoms with Crippen molar-refractivity contribution < 1.29 is 22.0 Å². The molecule has 0 unspecified atom stereocenters. The Balaban J connectivity index is 1.92. The first-order chi connectivity index (χ1) is 13.7. The van der Waals surface area contributed by atoms with Crippen molar-refractivity contribution in [3.8, 4) is 0 Å². The molecule has 0 aliphatic heterocycles. The van der Waals surface area contributed by atoms with E-state index in [1.54, 1.807) is 6.92 Å². The molecule has 1 amide bonds. The second-order valence-corrected chi connectivity index (χ2v) is 8.39. The molecule has 0 radical (unpaired) electrons. The lowest BCUT2D eigenvalue weighted by Gasteiger charge is -2.11. The maximum Gasteiger partial charge on any atom is 0.341 e. The van der Waals surface area contributed by atoms with E-state index < -0.39 is 26.4 Å². The summed E-state index contributed by atoms with van der Waals surface area (Å²) < 4.78 is 51.1. The van der Waals surface area contributed by atoms with E-state index in [9.17, 15) is 22.0 Å². The summed E-state index contributed by atoms with van der Waals surface area (Å²) in [4.78, 5) is 12.1. The molecule has 1 aromatic heterocycles. The van der Waals surface area contributed by atoms with Gasteiger partial charge in [0, 0.05) is 0 Å². The first kappa shape index (κ1) is 20.9. The number of hydrogen-bond acceptors (Lipinski definition) is 4. The number of nitrogens with zero attached hydrogens (tertiary/aromatic N) is 2. The van der Waals surface area contributed by atoms with Crippen LogP contribution in [0.2, 0.25) is 5.15 Å². The fourth-order valence-corrected chi connectivity index (χ4v) is 3.98. The fourth-order valence-electron chi connectivity index (χ4n) is 2.77. The zero-order valence-electron chi connectivity index (χ0n) is 15.1. The summed E-state index contributed by atoms with van der Waals surface area (Å²) >= 11 is 6.32. The maximum absolute atomic E-state index is 12.9. The average Bonchev–Trinajstić information content (AvgIpc) is 2.96. The molecular weight excluding hydrogens is 424 g/mol. The van der Waals surface area contributed by atoms with E-state index in [4.69, 9.17) is 11.6 Å².